The minimum Gasteiger partial charge on any atom is -1.00 e. The van der Waals surface area contributed by atoms with E-state index >= 15 is 0 Å². The van der Waals surface area contributed by atoms with Crippen LogP contribution in [0.5, 0.6) is 0 Å². The lowest BCUT2D eigenvalue weighted by atomic mass is 10.1. The van der Waals surface area contributed by atoms with Crippen molar-refractivity contribution in [3.63, 3.8) is 0 Å². The predicted octanol–water partition coefficient (Wildman–Crippen LogP) is -5.96. The van der Waals surface area contributed by atoms with Crippen LogP contribution in [0.25, 0.3) is 0 Å². The van der Waals surface area contributed by atoms with Gasteiger partial charge in [0.15, 0.2) is 0 Å². The predicted molar refractivity (Wildman–Crippen MR) is 73.3 cm³/mol. The van der Waals surface area contributed by atoms with E-state index in [2.05, 4.69) is 52.2 Å². The molecule has 124 valence electrons. The van der Waals surface area contributed by atoms with Crippen LogP contribution in [0.4, 0.5) is 0 Å². The van der Waals surface area contributed by atoms with E-state index in [-0.39, 0.29) is 71.1 Å². The Kier molecular flexibility index (Phi) is 14.7. The number of hydrogen-bond donors (Lipinski definition) is 2. The van der Waals surface area contributed by atoms with E-state index < -0.39 is 0 Å². The molecule has 0 saturated carbocycles. The van der Waals surface area contributed by atoms with Crippen molar-refractivity contribution in [3.05, 3.63) is 0 Å². The van der Waals surface area contributed by atoms with Crippen LogP contribution in [-0.2, 0) is 9.53 Å². The lowest BCUT2D eigenvalue weighted by Crippen LogP contribution is -3.00. The topological polar surface area (TPSA) is 59.5 Å². The first kappa shape index (κ1) is 25.8. The fourth-order valence-corrected chi connectivity index (χ4v) is 1.47. The summed E-state index contributed by atoms with van der Waals surface area (Å²) in [6, 6.07) is 0. The van der Waals surface area contributed by atoms with Gasteiger partial charge in [0, 0.05) is 0 Å². The average molecular weight is 514 g/mol. The number of quaternary nitrogens is 2. The summed E-state index contributed by atoms with van der Waals surface area (Å²) in [6.45, 7) is 16.4. The van der Waals surface area contributed by atoms with E-state index in [1.165, 1.54) is 0 Å². The van der Waals surface area contributed by atoms with E-state index in [1.54, 1.807) is 0 Å². The molecular weight excluding hydrogens is 482 g/mol. The number of carbonyl (C=O) groups excluding carboxylic acids is 1. The summed E-state index contributed by atoms with van der Waals surface area (Å²) in [4.78, 5) is 11.6. The van der Waals surface area contributed by atoms with Crippen LogP contribution < -0.4 is 58.6 Å². The summed E-state index contributed by atoms with van der Waals surface area (Å²) in [5.41, 5.74) is 0.354. The molecule has 0 aromatic carbocycles. The van der Waals surface area contributed by atoms with Crippen LogP contribution >= 0.6 is 0 Å². The Morgan fingerprint density at radius 1 is 1.00 bits per heavy atom. The Hall–Kier alpha value is 0.850. The number of halogens is 2. The molecule has 0 saturated heterocycles. The fourth-order valence-electron chi connectivity index (χ4n) is 1.47. The fraction of sp³-hybridized carbons (Fsp3) is 0.929. The van der Waals surface area contributed by atoms with Gasteiger partial charge in [0.25, 0.3) is 0 Å². The van der Waals surface area contributed by atoms with Crippen molar-refractivity contribution >= 4 is 5.97 Å². The number of nitrogens with two attached hydrogens (primary N) is 2. The minimum absolute atomic E-state index is 0. The van der Waals surface area contributed by atoms with Gasteiger partial charge in [0.2, 0.25) is 0 Å². The van der Waals surface area contributed by atoms with Gasteiger partial charge in [0.05, 0.1) is 24.0 Å². The molecule has 0 heterocycles. The standard InChI is InChI=1S/C14H30N2O2.2HI/c1-11(10-16-14(5,6)7)18-12(17)8-9-15-13(2,3)4;;/h11,15-16H,8-10H2,1-7H3;2*1H. The molecule has 0 aromatic rings. The van der Waals surface area contributed by atoms with Gasteiger partial charge in [0.1, 0.15) is 12.6 Å². The summed E-state index contributed by atoms with van der Waals surface area (Å²) >= 11 is 0. The van der Waals surface area contributed by atoms with Gasteiger partial charge in [-0.25, -0.2) is 0 Å². The summed E-state index contributed by atoms with van der Waals surface area (Å²) in [5.74, 6) is -0.0923. The van der Waals surface area contributed by atoms with E-state index in [1.807, 2.05) is 6.92 Å². The van der Waals surface area contributed by atoms with Crippen LogP contribution in [0.15, 0.2) is 0 Å². The number of rotatable bonds is 6. The molecule has 0 aliphatic carbocycles. The minimum atomic E-state index is -0.0923. The Morgan fingerprint density at radius 2 is 1.45 bits per heavy atom. The normalized spacial score (nSPS) is 12.9. The van der Waals surface area contributed by atoms with Gasteiger partial charge < -0.3 is 63.3 Å². The maximum absolute atomic E-state index is 11.6. The summed E-state index contributed by atoms with van der Waals surface area (Å²) in [6.07, 6.45) is 0.461. The zero-order chi connectivity index (χ0) is 14.4. The van der Waals surface area contributed by atoms with Crippen molar-refractivity contribution < 1.29 is 68.1 Å². The molecular formula is C14H32I2N2O2. The number of hydrogen-bond acceptors (Lipinski definition) is 2. The average Bonchev–Trinajstić information content (AvgIpc) is 2.11. The molecule has 6 heteroatoms. The summed E-state index contributed by atoms with van der Waals surface area (Å²) in [5, 5.41) is 4.37. The summed E-state index contributed by atoms with van der Waals surface area (Å²) < 4.78 is 5.37. The maximum atomic E-state index is 11.6. The molecule has 0 aromatic heterocycles. The lowest BCUT2D eigenvalue weighted by molar-refractivity contribution is -0.721. The van der Waals surface area contributed by atoms with Crippen LogP contribution in [0, 0.1) is 0 Å². The van der Waals surface area contributed by atoms with Gasteiger partial charge in [-0.05, 0) is 48.5 Å². The van der Waals surface area contributed by atoms with Crippen molar-refractivity contribution in [2.24, 2.45) is 0 Å². The first-order valence-electron chi connectivity index (χ1n) is 6.88. The van der Waals surface area contributed by atoms with Crippen molar-refractivity contribution in [2.45, 2.75) is 72.1 Å². The third-order valence-electron chi connectivity index (χ3n) is 2.50. The molecule has 4 nitrogen and oxygen atoms in total. The molecule has 1 atom stereocenters. The largest absolute Gasteiger partial charge is 1.00 e. The highest BCUT2D eigenvalue weighted by molar-refractivity contribution is 5.69. The first-order valence-corrected chi connectivity index (χ1v) is 6.88. The Morgan fingerprint density at radius 3 is 1.85 bits per heavy atom. The van der Waals surface area contributed by atoms with Gasteiger partial charge in [-0.2, -0.15) is 0 Å². The second kappa shape index (κ2) is 11.4. The molecule has 0 radical (unpaired) electrons. The molecule has 0 spiro atoms. The molecule has 0 rings (SSSR count). The van der Waals surface area contributed by atoms with Crippen molar-refractivity contribution in [2.75, 3.05) is 13.1 Å². The highest BCUT2D eigenvalue weighted by atomic mass is 127. The van der Waals surface area contributed by atoms with Crippen LogP contribution in [0.3, 0.4) is 0 Å². The van der Waals surface area contributed by atoms with Crippen LogP contribution in [0.2, 0.25) is 0 Å². The number of esters is 1. The van der Waals surface area contributed by atoms with E-state index in [0.717, 1.165) is 13.1 Å². The number of carbonyl (C=O) groups is 1. The Balaban J connectivity index is -0.00000144. The van der Waals surface area contributed by atoms with Crippen LogP contribution in [0.1, 0.15) is 54.9 Å². The summed E-state index contributed by atoms with van der Waals surface area (Å²) in [7, 11) is 0. The van der Waals surface area contributed by atoms with Gasteiger partial charge >= 0.3 is 5.97 Å². The molecule has 0 aliphatic heterocycles. The Bertz CT molecular complexity index is 261. The molecule has 0 amide bonds. The molecule has 20 heavy (non-hydrogen) atoms. The molecule has 0 fully saturated rings. The molecule has 0 aliphatic rings. The second-order valence-electron chi connectivity index (χ2n) is 7.22. The van der Waals surface area contributed by atoms with E-state index in [9.17, 15) is 4.79 Å². The van der Waals surface area contributed by atoms with Crippen molar-refractivity contribution in [1.29, 1.82) is 0 Å². The smallest absolute Gasteiger partial charge is 0.311 e. The third kappa shape index (κ3) is 18.9. The van der Waals surface area contributed by atoms with E-state index in [4.69, 9.17) is 4.74 Å². The zero-order valence-electron chi connectivity index (χ0n) is 13.9. The lowest BCUT2D eigenvalue weighted by Gasteiger charge is -2.20. The highest BCUT2D eigenvalue weighted by Gasteiger charge is 2.18. The number of ether oxygens (including phenoxy) is 1. The highest BCUT2D eigenvalue weighted by Crippen LogP contribution is 1.94. The molecule has 1 unspecified atom stereocenters. The monoisotopic (exact) mass is 514 g/mol. The van der Waals surface area contributed by atoms with Gasteiger partial charge in [-0.15, -0.1) is 0 Å². The quantitative estimate of drug-likeness (QED) is 0.274. The third-order valence-corrected chi connectivity index (χ3v) is 2.50. The Labute approximate surface area is 158 Å². The van der Waals surface area contributed by atoms with E-state index in [0.29, 0.717) is 6.42 Å². The van der Waals surface area contributed by atoms with Crippen LogP contribution in [-0.4, -0.2) is 36.2 Å². The first-order chi connectivity index (χ1) is 7.99. The van der Waals surface area contributed by atoms with Gasteiger partial charge in [-0.3, -0.25) is 4.79 Å². The second-order valence-corrected chi connectivity index (χ2v) is 7.22. The van der Waals surface area contributed by atoms with Crippen molar-refractivity contribution in [3.8, 4) is 0 Å². The zero-order valence-corrected chi connectivity index (χ0v) is 18.2. The van der Waals surface area contributed by atoms with Crippen molar-refractivity contribution in [1.82, 2.24) is 0 Å². The maximum Gasteiger partial charge on any atom is 0.311 e. The SMILES string of the molecule is CC(C[NH2+]C(C)(C)C)OC(=O)CC[NH2+]C(C)(C)C.[I-].[I-]. The van der Waals surface area contributed by atoms with Gasteiger partial charge in [-0.1, -0.05) is 0 Å². The molecule has 4 N–H and O–H groups in total. The molecule has 0 bridgehead atoms.